The number of halogens is 1. The fourth-order valence-electron chi connectivity index (χ4n) is 1.95. The van der Waals surface area contributed by atoms with Crippen molar-refractivity contribution in [3.05, 3.63) is 34.9 Å². The fraction of sp³-hybridized carbons (Fsp3) is 0.538. The maximum atomic E-state index is 9.43. The Morgan fingerprint density at radius 1 is 1.06 bits per heavy atom. The summed E-state index contributed by atoms with van der Waals surface area (Å²) in [7, 11) is 0. The number of hydrogen-bond acceptors (Lipinski definition) is 2. The van der Waals surface area contributed by atoms with E-state index in [4.69, 9.17) is 11.6 Å². The van der Waals surface area contributed by atoms with Crippen LogP contribution in [0, 0.1) is 0 Å². The molecule has 2 atom stereocenters. The highest BCUT2D eigenvalue weighted by Gasteiger charge is 2.15. The molecule has 0 fully saturated rings. The van der Waals surface area contributed by atoms with Crippen molar-refractivity contribution < 1.29 is 15.1 Å². The normalized spacial score (nSPS) is 14.9. The van der Waals surface area contributed by atoms with Gasteiger partial charge in [0.1, 0.15) is 31.8 Å². The minimum atomic E-state index is -0.365. The Balaban J connectivity index is 2.61. The molecule has 1 rings (SSSR count). The molecule has 0 aliphatic carbocycles. The first-order valence-corrected chi connectivity index (χ1v) is 6.29. The molecule has 96 valence electrons. The van der Waals surface area contributed by atoms with Crippen LogP contribution in [0.3, 0.4) is 0 Å². The number of benzene rings is 1. The van der Waals surface area contributed by atoms with E-state index in [1.54, 1.807) is 13.8 Å². The second-order valence-corrected chi connectivity index (χ2v) is 5.10. The third kappa shape index (κ3) is 6.03. The Hall–Kier alpha value is -0.610. The van der Waals surface area contributed by atoms with Gasteiger partial charge in [0.05, 0.1) is 0 Å². The second-order valence-electron chi connectivity index (χ2n) is 4.66. The highest BCUT2D eigenvalue weighted by molar-refractivity contribution is 6.30. The number of quaternary nitrogens is 1. The van der Waals surface area contributed by atoms with E-state index < -0.39 is 0 Å². The molecule has 4 heteroatoms. The molecule has 0 amide bonds. The van der Waals surface area contributed by atoms with Crippen LogP contribution >= 0.6 is 11.6 Å². The van der Waals surface area contributed by atoms with E-state index in [1.165, 1.54) is 0 Å². The molecule has 3 nitrogen and oxygen atoms in total. The molecule has 0 saturated heterocycles. The molecule has 17 heavy (non-hydrogen) atoms. The van der Waals surface area contributed by atoms with Crippen LogP contribution in [0.2, 0.25) is 5.02 Å². The maximum Gasteiger partial charge on any atom is 0.103 e. The second kappa shape index (κ2) is 6.97. The molecule has 0 aliphatic rings. The Labute approximate surface area is 108 Å². The van der Waals surface area contributed by atoms with Gasteiger partial charge in [-0.05, 0) is 26.0 Å². The van der Waals surface area contributed by atoms with Crippen LogP contribution in [0.5, 0.6) is 0 Å². The third-order valence-electron chi connectivity index (χ3n) is 2.54. The Morgan fingerprint density at radius 3 is 1.94 bits per heavy atom. The van der Waals surface area contributed by atoms with Crippen molar-refractivity contribution in [2.75, 3.05) is 13.1 Å². The standard InChI is InChI=1S/C13H20ClNO2/c1-10(16)7-15(8-11(2)17)9-12-3-5-13(14)6-4-12/h3-6,10-11,16-17H,7-9H2,1-2H3/p+1/t10-,11-/m1/s1. The van der Waals surface area contributed by atoms with Gasteiger partial charge in [-0.25, -0.2) is 0 Å². The lowest BCUT2D eigenvalue weighted by molar-refractivity contribution is -0.919. The van der Waals surface area contributed by atoms with Crippen molar-refractivity contribution in [1.82, 2.24) is 0 Å². The molecule has 0 bridgehead atoms. The molecule has 0 aromatic heterocycles. The first-order chi connectivity index (χ1) is 7.97. The molecule has 0 heterocycles. The highest BCUT2D eigenvalue weighted by Crippen LogP contribution is 2.08. The Morgan fingerprint density at radius 2 is 1.53 bits per heavy atom. The average molecular weight is 259 g/mol. The zero-order chi connectivity index (χ0) is 12.8. The van der Waals surface area contributed by atoms with Gasteiger partial charge in [-0.3, -0.25) is 0 Å². The van der Waals surface area contributed by atoms with Crippen molar-refractivity contribution in [3.63, 3.8) is 0 Å². The number of aliphatic hydroxyl groups excluding tert-OH is 2. The SMILES string of the molecule is C[C@@H](O)C[NH+](Cc1ccc(Cl)cc1)C[C@@H](C)O. The van der Waals surface area contributed by atoms with Crippen LogP contribution in [0.1, 0.15) is 19.4 Å². The first kappa shape index (κ1) is 14.5. The van der Waals surface area contributed by atoms with Crippen LogP contribution in [0.25, 0.3) is 0 Å². The summed E-state index contributed by atoms with van der Waals surface area (Å²) in [5.74, 6) is 0. The molecule has 3 N–H and O–H groups in total. The molecule has 0 unspecified atom stereocenters. The average Bonchev–Trinajstić information content (AvgIpc) is 2.19. The number of rotatable bonds is 6. The molecule has 0 radical (unpaired) electrons. The summed E-state index contributed by atoms with van der Waals surface area (Å²) in [5.41, 5.74) is 1.16. The first-order valence-electron chi connectivity index (χ1n) is 5.91. The molecule has 1 aromatic carbocycles. The van der Waals surface area contributed by atoms with E-state index in [-0.39, 0.29) is 12.2 Å². The summed E-state index contributed by atoms with van der Waals surface area (Å²) < 4.78 is 0. The van der Waals surface area contributed by atoms with Crippen molar-refractivity contribution in [1.29, 1.82) is 0 Å². The van der Waals surface area contributed by atoms with Crippen LogP contribution in [-0.4, -0.2) is 35.5 Å². The molecular weight excluding hydrogens is 238 g/mol. The summed E-state index contributed by atoms with van der Waals surface area (Å²) in [5, 5.41) is 19.6. The monoisotopic (exact) mass is 258 g/mol. The molecular formula is C13H21ClNO2+. The van der Waals surface area contributed by atoms with Crippen molar-refractivity contribution in [2.24, 2.45) is 0 Å². The lowest BCUT2D eigenvalue weighted by Crippen LogP contribution is -3.12. The summed E-state index contributed by atoms with van der Waals surface area (Å²) >= 11 is 5.83. The number of hydrogen-bond donors (Lipinski definition) is 3. The maximum absolute atomic E-state index is 9.43. The van der Waals surface area contributed by atoms with E-state index in [9.17, 15) is 10.2 Å². The lowest BCUT2D eigenvalue weighted by atomic mass is 10.2. The summed E-state index contributed by atoms with van der Waals surface area (Å²) in [4.78, 5) is 1.16. The van der Waals surface area contributed by atoms with Crippen molar-refractivity contribution in [2.45, 2.75) is 32.6 Å². The lowest BCUT2D eigenvalue weighted by Gasteiger charge is -2.22. The minimum Gasteiger partial charge on any atom is -0.388 e. The summed E-state index contributed by atoms with van der Waals surface area (Å²) in [6.45, 7) is 5.59. The van der Waals surface area contributed by atoms with Crippen LogP contribution in [0.15, 0.2) is 24.3 Å². The van der Waals surface area contributed by atoms with Gasteiger partial charge in [0, 0.05) is 10.6 Å². The highest BCUT2D eigenvalue weighted by atomic mass is 35.5. The Kier molecular flexibility index (Phi) is 5.92. The van der Waals surface area contributed by atoms with Crippen LogP contribution < -0.4 is 4.90 Å². The third-order valence-corrected chi connectivity index (χ3v) is 2.79. The van der Waals surface area contributed by atoms with E-state index >= 15 is 0 Å². The van der Waals surface area contributed by atoms with Crippen molar-refractivity contribution >= 4 is 11.6 Å². The van der Waals surface area contributed by atoms with Crippen molar-refractivity contribution in [3.8, 4) is 0 Å². The Bertz CT molecular complexity index is 315. The predicted molar refractivity (Wildman–Crippen MR) is 69.2 cm³/mol. The molecule has 0 aliphatic heterocycles. The summed E-state index contributed by atoms with van der Waals surface area (Å²) in [6.07, 6.45) is -0.730. The van der Waals surface area contributed by atoms with Gasteiger partial charge in [0.25, 0.3) is 0 Å². The minimum absolute atomic E-state index is 0.365. The van der Waals surface area contributed by atoms with Gasteiger partial charge in [-0.15, -0.1) is 0 Å². The largest absolute Gasteiger partial charge is 0.388 e. The molecule has 0 saturated carbocycles. The van der Waals surface area contributed by atoms with Crippen LogP contribution in [0.4, 0.5) is 0 Å². The number of aliphatic hydroxyl groups is 2. The zero-order valence-corrected chi connectivity index (χ0v) is 11.1. The predicted octanol–water partition coefficient (Wildman–Crippen LogP) is 0.487. The van der Waals surface area contributed by atoms with E-state index in [0.29, 0.717) is 13.1 Å². The zero-order valence-electron chi connectivity index (χ0n) is 10.4. The van der Waals surface area contributed by atoms with Crippen LogP contribution in [-0.2, 0) is 6.54 Å². The van der Waals surface area contributed by atoms with Gasteiger partial charge in [-0.2, -0.15) is 0 Å². The molecule has 0 spiro atoms. The van der Waals surface area contributed by atoms with E-state index in [0.717, 1.165) is 22.0 Å². The van der Waals surface area contributed by atoms with E-state index in [2.05, 4.69) is 0 Å². The van der Waals surface area contributed by atoms with Gasteiger partial charge in [0.15, 0.2) is 0 Å². The van der Waals surface area contributed by atoms with Gasteiger partial charge < -0.3 is 15.1 Å². The summed E-state index contributed by atoms with van der Waals surface area (Å²) in [6, 6.07) is 7.68. The van der Waals surface area contributed by atoms with Gasteiger partial charge >= 0.3 is 0 Å². The number of nitrogens with one attached hydrogen (secondary N) is 1. The smallest absolute Gasteiger partial charge is 0.103 e. The quantitative estimate of drug-likeness (QED) is 0.695. The van der Waals surface area contributed by atoms with E-state index in [1.807, 2.05) is 24.3 Å². The molecule has 1 aromatic rings. The van der Waals surface area contributed by atoms with Gasteiger partial charge in [-0.1, -0.05) is 23.7 Å². The topological polar surface area (TPSA) is 44.9 Å². The fourth-order valence-corrected chi connectivity index (χ4v) is 2.08. The van der Waals surface area contributed by atoms with Gasteiger partial charge in [0.2, 0.25) is 0 Å².